The van der Waals surface area contributed by atoms with E-state index in [1.54, 1.807) is 13.8 Å². The molecule has 1 aliphatic carbocycles. The molecule has 1 aliphatic rings. The largest absolute Gasteiger partial charge is 0.466 e. The summed E-state index contributed by atoms with van der Waals surface area (Å²) in [5.74, 6) is -0.994. The van der Waals surface area contributed by atoms with E-state index in [1.165, 1.54) is 0 Å². The third kappa shape index (κ3) is 4.51. The Hall–Kier alpha value is -1.06. The van der Waals surface area contributed by atoms with Crippen molar-refractivity contribution in [2.45, 2.75) is 52.9 Å². The van der Waals surface area contributed by atoms with Crippen LogP contribution in [0.25, 0.3) is 0 Å². The topological polar surface area (TPSA) is 52.6 Å². The second kappa shape index (κ2) is 8.18. The first-order valence-electron chi connectivity index (χ1n) is 7.45. The van der Waals surface area contributed by atoms with Gasteiger partial charge in [0.25, 0.3) is 0 Å². The smallest absolute Gasteiger partial charge is 0.310 e. The summed E-state index contributed by atoms with van der Waals surface area (Å²) in [5, 5.41) is 0. The molecule has 0 bridgehead atoms. The third-order valence-electron chi connectivity index (χ3n) is 3.87. The summed E-state index contributed by atoms with van der Waals surface area (Å²) in [6.07, 6.45) is 4.92. The van der Waals surface area contributed by atoms with Crippen molar-refractivity contribution < 1.29 is 19.1 Å². The molecule has 0 aliphatic heterocycles. The van der Waals surface area contributed by atoms with E-state index in [4.69, 9.17) is 9.47 Å². The van der Waals surface area contributed by atoms with Crippen LogP contribution in [-0.2, 0) is 19.1 Å². The van der Waals surface area contributed by atoms with E-state index in [2.05, 4.69) is 0 Å². The minimum atomic E-state index is -0.348. The van der Waals surface area contributed by atoms with Crippen molar-refractivity contribution in [2.24, 2.45) is 17.8 Å². The van der Waals surface area contributed by atoms with E-state index >= 15 is 0 Å². The molecule has 3 atom stereocenters. The summed E-state index contributed by atoms with van der Waals surface area (Å²) in [6, 6.07) is 0. The van der Waals surface area contributed by atoms with Gasteiger partial charge in [-0.15, -0.1) is 0 Å². The van der Waals surface area contributed by atoms with Gasteiger partial charge in [0.15, 0.2) is 0 Å². The molecule has 0 heterocycles. The SMILES string of the molecule is CCOC(=O)C1CCCCCC(C)C1C(=O)OCC. The highest BCUT2D eigenvalue weighted by Gasteiger charge is 2.39. The zero-order valence-electron chi connectivity index (χ0n) is 12.3. The highest BCUT2D eigenvalue weighted by atomic mass is 16.5. The summed E-state index contributed by atoms with van der Waals surface area (Å²) in [5.41, 5.74) is 0. The van der Waals surface area contributed by atoms with Crippen LogP contribution in [0.4, 0.5) is 0 Å². The van der Waals surface area contributed by atoms with E-state index in [1.807, 2.05) is 6.92 Å². The van der Waals surface area contributed by atoms with Crippen LogP contribution in [0.15, 0.2) is 0 Å². The molecule has 0 aromatic rings. The lowest BCUT2D eigenvalue weighted by molar-refractivity contribution is -0.163. The van der Waals surface area contributed by atoms with E-state index in [0.29, 0.717) is 13.2 Å². The molecule has 110 valence electrons. The monoisotopic (exact) mass is 270 g/mol. The van der Waals surface area contributed by atoms with Crippen LogP contribution < -0.4 is 0 Å². The fraction of sp³-hybridized carbons (Fsp3) is 0.867. The molecule has 0 amide bonds. The molecule has 0 saturated heterocycles. The van der Waals surface area contributed by atoms with Crippen molar-refractivity contribution in [2.75, 3.05) is 13.2 Å². The van der Waals surface area contributed by atoms with Crippen molar-refractivity contribution in [3.8, 4) is 0 Å². The van der Waals surface area contributed by atoms with Gasteiger partial charge in [-0.25, -0.2) is 0 Å². The number of ether oxygens (including phenoxy) is 2. The predicted molar refractivity (Wildman–Crippen MR) is 72.5 cm³/mol. The van der Waals surface area contributed by atoms with Crippen molar-refractivity contribution in [3.05, 3.63) is 0 Å². The van der Waals surface area contributed by atoms with Gasteiger partial charge in [0.1, 0.15) is 0 Å². The Morgan fingerprint density at radius 3 is 2.16 bits per heavy atom. The van der Waals surface area contributed by atoms with Crippen LogP contribution in [0.2, 0.25) is 0 Å². The first kappa shape index (κ1) is 16.0. The van der Waals surface area contributed by atoms with E-state index in [0.717, 1.165) is 32.1 Å². The molecule has 0 aromatic carbocycles. The lowest BCUT2D eigenvalue weighted by atomic mass is 9.75. The number of carbonyl (C=O) groups is 2. The zero-order valence-corrected chi connectivity index (χ0v) is 12.3. The summed E-state index contributed by atoms with van der Waals surface area (Å²) in [4.78, 5) is 24.3. The molecule has 0 N–H and O–H groups in total. The maximum atomic E-state index is 12.2. The van der Waals surface area contributed by atoms with Crippen molar-refractivity contribution in [1.82, 2.24) is 0 Å². The maximum absolute atomic E-state index is 12.2. The molecular formula is C15H26O4. The van der Waals surface area contributed by atoms with Gasteiger partial charge in [0.2, 0.25) is 0 Å². The molecule has 0 radical (unpaired) electrons. The Bertz CT molecular complexity index is 301. The van der Waals surface area contributed by atoms with Gasteiger partial charge in [-0.2, -0.15) is 0 Å². The third-order valence-corrected chi connectivity index (χ3v) is 3.87. The van der Waals surface area contributed by atoms with Gasteiger partial charge in [-0.05, 0) is 32.6 Å². The maximum Gasteiger partial charge on any atom is 0.310 e. The van der Waals surface area contributed by atoms with E-state index in [-0.39, 0.29) is 29.7 Å². The molecule has 0 aromatic heterocycles. The van der Waals surface area contributed by atoms with Crippen molar-refractivity contribution in [3.63, 3.8) is 0 Å². The molecule has 0 spiro atoms. The first-order valence-corrected chi connectivity index (χ1v) is 7.45. The summed E-state index contributed by atoms with van der Waals surface area (Å²) in [7, 11) is 0. The van der Waals surface area contributed by atoms with Gasteiger partial charge in [0, 0.05) is 0 Å². The molecule has 3 unspecified atom stereocenters. The van der Waals surface area contributed by atoms with Gasteiger partial charge in [-0.1, -0.05) is 26.2 Å². The van der Waals surface area contributed by atoms with E-state index in [9.17, 15) is 9.59 Å². The van der Waals surface area contributed by atoms with Crippen molar-refractivity contribution in [1.29, 1.82) is 0 Å². The highest BCUT2D eigenvalue weighted by Crippen LogP contribution is 2.34. The second-order valence-electron chi connectivity index (χ2n) is 5.25. The normalized spacial score (nSPS) is 28.1. The van der Waals surface area contributed by atoms with Gasteiger partial charge in [0.05, 0.1) is 25.0 Å². The standard InChI is InChI=1S/C15H26O4/c1-4-18-14(16)12-10-8-6-7-9-11(3)13(12)15(17)19-5-2/h11-13H,4-10H2,1-3H3. The molecule has 1 saturated carbocycles. The molecule has 1 rings (SSSR count). The quantitative estimate of drug-likeness (QED) is 0.737. The lowest BCUT2D eigenvalue weighted by Crippen LogP contribution is -2.37. The Morgan fingerprint density at radius 1 is 0.947 bits per heavy atom. The lowest BCUT2D eigenvalue weighted by Gasteiger charge is -2.30. The minimum Gasteiger partial charge on any atom is -0.466 e. The number of hydrogen-bond donors (Lipinski definition) is 0. The molecule has 4 heteroatoms. The van der Waals surface area contributed by atoms with Crippen LogP contribution in [0.3, 0.4) is 0 Å². The Labute approximate surface area is 115 Å². The fourth-order valence-corrected chi connectivity index (χ4v) is 2.91. The van der Waals surface area contributed by atoms with Gasteiger partial charge >= 0.3 is 11.9 Å². The highest BCUT2D eigenvalue weighted by molar-refractivity contribution is 5.82. The second-order valence-corrected chi connectivity index (χ2v) is 5.25. The number of esters is 2. The number of carbonyl (C=O) groups excluding carboxylic acids is 2. The molecule has 19 heavy (non-hydrogen) atoms. The number of rotatable bonds is 4. The first-order chi connectivity index (χ1) is 9.11. The molecular weight excluding hydrogens is 244 g/mol. The minimum absolute atomic E-state index is 0.175. The Balaban J connectivity index is 2.88. The fourth-order valence-electron chi connectivity index (χ4n) is 2.91. The summed E-state index contributed by atoms with van der Waals surface area (Å²) < 4.78 is 10.3. The zero-order chi connectivity index (χ0) is 14.3. The number of hydrogen-bond acceptors (Lipinski definition) is 4. The molecule has 4 nitrogen and oxygen atoms in total. The molecule has 1 fully saturated rings. The Morgan fingerprint density at radius 2 is 1.53 bits per heavy atom. The van der Waals surface area contributed by atoms with Crippen LogP contribution in [0.5, 0.6) is 0 Å². The summed E-state index contributed by atoms with van der Waals surface area (Å²) in [6.45, 7) is 6.35. The van der Waals surface area contributed by atoms with Gasteiger partial charge in [-0.3, -0.25) is 9.59 Å². The average molecular weight is 270 g/mol. The van der Waals surface area contributed by atoms with Crippen LogP contribution in [0.1, 0.15) is 52.9 Å². The van der Waals surface area contributed by atoms with Crippen LogP contribution in [-0.4, -0.2) is 25.2 Å². The Kier molecular flexibility index (Phi) is 6.89. The average Bonchev–Trinajstić information content (AvgIpc) is 2.34. The van der Waals surface area contributed by atoms with E-state index < -0.39 is 0 Å². The van der Waals surface area contributed by atoms with Crippen LogP contribution in [0, 0.1) is 17.8 Å². The van der Waals surface area contributed by atoms with Crippen molar-refractivity contribution >= 4 is 11.9 Å². The van der Waals surface area contributed by atoms with Gasteiger partial charge < -0.3 is 9.47 Å². The predicted octanol–water partition coefficient (Wildman–Crippen LogP) is 2.95. The van der Waals surface area contributed by atoms with Crippen LogP contribution >= 0.6 is 0 Å². The summed E-state index contributed by atoms with van der Waals surface area (Å²) >= 11 is 0.